The molecule has 2 aromatic rings. The summed E-state index contributed by atoms with van der Waals surface area (Å²) in [4.78, 5) is 4.47. The van der Waals surface area contributed by atoms with Crippen molar-refractivity contribution in [1.29, 1.82) is 0 Å². The van der Waals surface area contributed by atoms with Gasteiger partial charge in [0.1, 0.15) is 11.4 Å². The van der Waals surface area contributed by atoms with E-state index in [1.165, 1.54) is 5.56 Å². The zero-order valence-corrected chi connectivity index (χ0v) is 15.7. The summed E-state index contributed by atoms with van der Waals surface area (Å²) in [7, 11) is 1.67. The summed E-state index contributed by atoms with van der Waals surface area (Å²) in [5, 5.41) is 3.51. The van der Waals surface area contributed by atoms with Crippen LogP contribution in [-0.4, -0.2) is 28.5 Å². The molecule has 144 valence electrons. The number of ether oxygens (including phenoxy) is 1. The van der Waals surface area contributed by atoms with Gasteiger partial charge in [0.15, 0.2) is 5.82 Å². The van der Waals surface area contributed by atoms with E-state index in [0.717, 1.165) is 43.0 Å². The van der Waals surface area contributed by atoms with E-state index >= 15 is 0 Å². The Morgan fingerprint density at radius 2 is 2.00 bits per heavy atom. The van der Waals surface area contributed by atoms with E-state index in [2.05, 4.69) is 33.9 Å². The van der Waals surface area contributed by atoms with Gasteiger partial charge in [0.05, 0.1) is 12.8 Å². The van der Waals surface area contributed by atoms with Crippen LogP contribution in [0.3, 0.4) is 0 Å². The maximum absolute atomic E-state index is 6.82. The van der Waals surface area contributed by atoms with Gasteiger partial charge < -0.3 is 26.9 Å². The Labute approximate surface area is 159 Å². The van der Waals surface area contributed by atoms with Crippen molar-refractivity contribution in [2.45, 2.75) is 43.9 Å². The molecule has 1 aromatic heterocycles. The molecule has 1 atom stereocenters. The number of fused-ring (bicyclic) bond motifs is 1. The zero-order valence-electron chi connectivity index (χ0n) is 15.7. The number of imidazole rings is 1. The van der Waals surface area contributed by atoms with Crippen LogP contribution in [0.2, 0.25) is 0 Å². The topological polar surface area (TPSA) is 103 Å². The van der Waals surface area contributed by atoms with Crippen LogP contribution in [0.1, 0.15) is 37.1 Å². The van der Waals surface area contributed by atoms with Gasteiger partial charge in [0.2, 0.25) is 0 Å². The number of hydrogen-bond acceptors (Lipinski definition) is 6. The molecule has 6 N–H and O–H groups in total. The number of nitrogens with two attached hydrogens (primary N) is 2. The van der Waals surface area contributed by atoms with E-state index in [1.54, 1.807) is 13.3 Å². The van der Waals surface area contributed by atoms with Gasteiger partial charge in [-0.1, -0.05) is 12.1 Å². The minimum atomic E-state index is -0.615. The molecule has 0 radical (unpaired) electrons. The standard InChI is InChI=1S/C20H28N6O/c1-27-17-8-2-14(3-9-17)13-24-18-12-20(22,15-4-6-16(21)7-5-15)25-26-11-10-23-19(18)26/h2-3,8-12,15-16,24-25H,4-7,13,21-22H2,1H3. The minimum absolute atomic E-state index is 0.300. The molecule has 1 aliphatic carbocycles. The lowest BCUT2D eigenvalue weighted by Crippen LogP contribution is -2.59. The third-order valence-corrected chi connectivity index (χ3v) is 5.67. The second kappa shape index (κ2) is 7.25. The Kier molecular flexibility index (Phi) is 4.80. The molecule has 1 fully saturated rings. The number of hydrogen-bond donors (Lipinski definition) is 4. The third-order valence-electron chi connectivity index (χ3n) is 5.67. The molecule has 1 aromatic carbocycles. The molecule has 27 heavy (non-hydrogen) atoms. The van der Waals surface area contributed by atoms with Crippen LogP contribution in [-0.2, 0) is 6.54 Å². The van der Waals surface area contributed by atoms with Crippen molar-refractivity contribution in [2.24, 2.45) is 17.4 Å². The Hall–Kier alpha value is -2.51. The second-order valence-electron chi connectivity index (χ2n) is 7.54. The fourth-order valence-corrected chi connectivity index (χ4v) is 4.01. The van der Waals surface area contributed by atoms with Crippen LogP contribution in [0.15, 0.2) is 42.7 Å². The Morgan fingerprint density at radius 3 is 2.70 bits per heavy atom. The molecule has 0 bridgehead atoms. The Balaban J connectivity index is 1.54. The van der Waals surface area contributed by atoms with Crippen molar-refractivity contribution < 1.29 is 4.74 Å². The number of benzene rings is 1. The quantitative estimate of drug-likeness (QED) is 0.641. The smallest absolute Gasteiger partial charge is 0.174 e. The molecule has 1 aliphatic heterocycles. The lowest BCUT2D eigenvalue weighted by atomic mass is 9.78. The van der Waals surface area contributed by atoms with Crippen LogP contribution >= 0.6 is 0 Å². The SMILES string of the molecule is COc1ccc(CNC2=CC(N)(C3CCC(N)CC3)Nn3ccnc32)cc1. The molecular formula is C20H28N6O. The molecule has 0 amide bonds. The highest BCUT2D eigenvalue weighted by Gasteiger charge is 2.39. The zero-order chi connectivity index (χ0) is 18.9. The van der Waals surface area contributed by atoms with Crippen LogP contribution in [0, 0.1) is 5.92 Å². The van der Waals surface area contributed by atoms with E-state index in [0.29, 0.717) is 18.5 Å². The molecule has 7 nitrogen and oxygen atoms in total. The van der Waals surface area contributed by atoms with Crippen LogP contribution < -0.4 is 26.9 Å². The highest BCUT2D eigenvalue weighted by molar-refractivity contribution is 5.63. The van der Waals surface area contributed by atoms with Crippen molar-refractivity contribution in [1.82, 2.24) is 15.0 Å². The van der Waals surface area contributed by atoms with Gasteiger partial charge in [0.25, 0.3) is 0 Å². The summed E-state index contributed by atoms with van der Waals surface area (Å²) in [5.41, 5.74) is 17.8. The van der Waals surface area contributed by atoms with Crippen LogP contribution in [0.25, 0.3) is 5.70 Å². The van der Waals surface area contributed by atoms with Crippen molar-refractivity contribution in [3.8, 4) is 5.75 Å². The highest BCUT2D eigenvalue weighted by atomic mass is 16.5. The lowest BCUT2D eigenvalue weighted by molar-refractivity contribution is 0.238. The molecule has 1 saturated carbocycles. The first-order valence-corrected chi connectivity index (χ1v) is 9.53. The Morgan fingerprint density at radius 1 is 1.26 bits per heavy atom. The Bertz CT molecular complexity index is 806. The van der Waals surface area contributed by atoms with Crippen molar-refractivity contribution in [2.75, 3.05) is 12.5 Å². The number of methoxy groups -OCH3 is 1. The van der Waals surface area contributed by atoms with E-state index in [9.17, 15) is 0 Å². The van der Waals surface area contributed by atoms with Crippen molar-refractivity contribution in [3.05, 3.63) is 54.1 Å². The van der Waals surface area contributed by atoms with Crippen molar-refractivity contribution in [3.63, 3.8) is 0 Å². The summed E-state index contributed by atoms with van der Waals surface area (Å²) in [6.45, 7) is 0.689. The van der Waals surface area contributed by atoms with Gasteiger partial charge in [-0.05, 0) is 49.5 Å². The van der Waals surface area contributed by atoms with Gasteiger partial charge in [0, 0.05) is 30.9 Å². The monoisotopic (exact) mass is 368 g/mol. The van der Waals surface area contributed by atoms with Gasteiger partial charge in [-0.25, -0.2) is 9.66 Å². The second-order valence-corrected chi connectivity index (χ2v) is 7.54. The van der Waals surface area contributed by atoms with Crippen molar-refractivity contribution >= 4 is 5.70 Å². The van der Waals surface area contributed by atoms with E-state index in [-0.39, 0.29) is 0 Å². The van der Waals surface area contributed by atoms with Gasteiger partial charge in [-0.3, -0.25) is 0 Å². The summed E-state index contributed by atoms with van der Waals surface area (Å²) in [6.07, 6.45) is 9.88. The predicted molar refractivity (Wildman–Crippen MR) is 106 cm³/mol. The summed E-state index contributed by atoms with van der Waals surface area (Å²) in [5.74, 6) is 2.04. The van der Waals surface area contributed by atoms with E-state index in [4.69, 9.17) is 16.2 Å². The fourth-order valence-electron chi connectivity index (χ4n) is 4.01. The fraction of sp³-hybridized carbons (Fsp3) is 0.450. The maximum Gasteiger partial charge on any atom is 0.174 e. The first-order valence-electron chi connectivity index (χ1n) is 9.53. The maximum atomic E-state index is 6.82. The highest BCUT2D eigenvalue weighted by Crippen LogP contribution is 2.34. The van der Waals surface area contributed by atoms with Crippen LogP contribution in [0.5, 0.6) is 5.75 Å². The van der Waals surface area contributed by atoms with E-state index in [1.807, 2.05) is 23.0 Å². The number of nitrogens with one attached hydrogen (secondary N) is 2. The molecule has 1 unspecified atom stereocenters. The minimum Gasteiger partial charge on any atom is -0.497 e. The summed E-state index contributed by atoms with van der Waals surface area (Å²) in [6, 6.07) is 8.34. The molecule has 0 saturated heterocycles. The number of rotatable bonds is 5. The summed E-state index contributed by atoms with van der Waals surface area (Å²) >= 11 is 0. The first-order chi connectivity index (χ1) is 13.1. The average molecular weight is 368 g/mol. The van der Waals surface area contributed by atoms with Gasteiger partial charge in [-0.2, -0.15) is 0 Å². The predicted octanol–water partition coefficient (Wildman–Crippen LogP) is 1.75. The molecule has 0 spiro atoms. The molecule has 4 rings (SSSR count). The van der Waals surface area contributed by atoms with Gasteiger partial charge in [-0.15, -0.1) is 0 Å². The third kappa shape index (κ3) is 3.65. The first kappa shape index (κ1) is 17.9. The van der Waals surface area contributed by atoms with Gasteiger partial charge >= 0.3 is 0 Å². The molecule has 2 aliphatic rings. The molecule has 7 heteroatoms. The number of nitrogens with zero attached hydrogens (tertiary/aromatic N) is 2. The normalized spacial score (nSPS) is 27.3. The lowest BCUT2D eigenvalue weighted by Gasteiger charge is -2.42. The average Bonchev–Trinajstić information content (AvgIpc) is 3.15. The molecular weight excluding hydrogens is 340 g/mol. The number of aromatic nitrogens is 2. The summed E-state index contributed by atoms with van der Waals surface area (Å²) < 4.78 is 7.14. The van der Waals surface area contributed by atoms with Crippen LogP contribution in [0.4, 0.5) is 0 Å². The molecule has 2 heterocycles. The van der Waals surface area contributed by atoms with E-state index < -0.39 is 5.66 Å². The largest absolute Gasteiger partial charge is 0.497 e.